The van der Waals surface area contributed by atoms with Crippen molar-refractivity contribution in [3.8, 4) is 0 Å². The van der Waals surface area contributed by atoms with Crippen LogP contribution in [0.15, 0.2) is 30.3 Å². The van der Waals surface area contributed by atoms with Crippen molar-refractivity contribution in [2.45, 2.75) is 60.9 Å². The van der Waals surface area contributed by atoms with Crippen LogP contribution in [-0.2, 0) is 6.54 Å². The fraction of sp³-hybridized carbons (Fsp3) is 0.450. The molecule has 1 heterocycles. The predicted molar refractivity (Wildman–Crippen MR) is 103 cm³/mol. The van der Waals surface area contributed by atoms with E-state index in [2.05, 4.69) is 13.8 Å². The SMILES string of the molecule is CC.CC(=O)c1c(N)cc(C)n1Cc1ccc(F)cc1.CCCC.[HH]. The van der Waals surface area contributed by atoms with Crippen LogP contribution in [0, 0.1) is 12.7 Å². The molecule has 0 radical (unpaired) electrons. The predicted octanol–water partition coefficient (Wildman–Crippen LogP) is 5.85. The molecule has 0 unspecified atom stereocenters. The Balaban J connectivity index is 0. The van der Waals surface area contributed by atoms with Crippen LogP contribution in [0.3, 0.4) is 0 Å². The molecule has 0 saturated heterocycles. The Hall–Kier alpha value is -2.10. The summed E-state index contributed by atoms with van der Waals surface area (Å²) in [6.45, 7) is 12.3. The Morgan fingerprint density at radius 1 is 1.17 bits per heavy atom. The van der Waals surface area contributed by atoms with Crippen LogP contribution in [0.1, 0.15) is 70.6 Å². The van der Waals surface area contributed by atoms with Crippen LogP contribution in [0.4, 0.5) is 10.1 Å². The van der Waals surface area contributed by atoms with Crippen LogP contribution in [-0.4, -0.2) is 10.4 Å². The quantitative estimate of drug-likeness (QED) is 0.712. The number of aryl methyl sites for hydroxylation is 1. The maximum absolute atomic E-state index is 12.8. The third-order valence-corrected chi connectivity index (χ3v) is 3.42. The van der Waals surface area contributed by atoms with E-state index in [9.17, 15) is 9.18 Å². The molecule has 0 aliphatic rings. The highest BCUT2D eigenvalue weighted by Crippen LogP contribution is 2.20. The first-order chi connectivity index (χ1) is 11.4. The first-order valence-corrected chi connectivity index (χ1v) is 8.61. The number of hydrogen-bond acceptors (Lipinski definition) is 2. The van der Waals surface area contributed by atoms with Crippen molar-refractivity contribution in [3.05, 3.63) is 53.1 Å². The maximum atomic E-state index is 12.8. The Labute approximate surface area is 147 Å². The molecule has 136 valence electrons. The minimum atomic E-state index is -0.269. The minimum Gasteiger partial charge on any atom is -0.397 e. The van der Waals surface area contributed by atoms with Crippen LogP contribution in [0.25, 0.3) is 0 Å². The van der Waals surface area contributed by atoms with Crippen molar-refractivity contribution in [2.75, 3.05) is 5.73 Å². The molecule has 2 rings (SSSR count). The van der Waals surface area contributed by atoms with Gasteiger partial charge in [-0.25, -0.2) is 4.39 Å². The van der Waals surface area contributed by atoms with E-state index in [4.69, 9.17) is 5.73 Å². The number of carbonyl (C=O) groups is 1. The van der Waals surface area contributed by atoms with Crippen molar-refractivity contribution in [2.24, 2.45) is 0 Å². The third-order valence-electron chi connectivity index (χ3n) is 3.42. The van der Waals surface area contributed by atoms with Gasteiger partial charge in [0.05, 0.1) is 5.69 Å². The fourth-order valence-corrected chi connectivity index (χ4v) is 2.07. The van der Waals surface area contributed by atoms with Gasteiger partial charge < -0.3 is 10.3 Å². The number of Topliss-reactive ketones (excluding diaryl/α,β-unsaturated/α-hetero) is 1. The number of aromatic nitrogens is 1. The molecular weight excluding hydrogens is 303 g/mol. The molecule has 24 heavy (non-hydrogen) atoms. The summed E-state index contributed by atoms with van der Waals surface area (Å²) in [5.74, 6) is -0.336. The average molecular weight is 336 g/mol. The van der Waals surface area contributed by atoms with Gasteiger partial charge in [-0.05, 0) is 30.7 Å². The molecule has 0 spiro atoms. The van der Waals surface area contributed by atoms with Crippen molar-refractivity contribution < 1.29 is 10.6 Å². The zero-order chi connectivity index (χ0) is 18.7. The van der Waals surface area contributed by atoms with E-state index < -0.39 is 0 Å². The van der Waals surface area contributed by atoms with Gasteiger partial charge in [-0.2, -0.15) is 0 Å². The molecule has 0 aliphatic heterocycles. The lowest BCUT2D eigenvalue weighted by Crippen LogP contribution is -2.10. The van der Waals surface area contributed by atoms with Crippen molar-refractivity contribution in [3.63, 3.8) is 0 Å². The molecule has 4 heteroatoms. The Kier molecular flexibility index (Phi) is 10.4. The lowest BCUT2D eigenvalue weighted by molar-refractivity contribution is 0.101. The molecular formula is C20H33FN2O. The topological polar surface area (TPSA) is 48.0 Å². The lowest BCUT2D eigenvalue weighted by Gasteiger charge is -2.10. The number of nitrogens with zero attached hydrogens (tertiary/aromatic N) is 1. The number of rotatable bonds is 4. The molecule has 2 aromatic rings. The van der Waals surface area contributed by atoms with Gasteiger partial charge in [0.25, 0.3) is 0 Å². The smallest absolute Gasteiger partial charge is 0.178 e. The van der Waals surface area contributed by atoms with E-state index >= 15 is 0 Å². The molecule has 0 fully saturated rings. The lowest BCUT2D eigenvalue weighted by atomic mass is 10.2. The second-order valence-electron chi connectivity index (χ2n) is 5.36. The molecule has 0 bridgehead atoms. The van der Waals surface area contributed by atoms with Gasteiger partial charge in [0.2, 0.25) is 0 Å². The van der Waals surface area contributed by atoms with Crippen LogP contribution >= 0.6 is 0 Å². The molecule has 0 atom stereocenters. The highest BCUT2D eigenvalue weighted by Gasteiger charge is 2.14. The van der Waals surface area contributed by atoms with Crippen molar-refractivity contribution in [1.29, 1.82) is 0 Å². The summed E-state index contributed by atoms with van der Waals surface area (Å²) in [6, 6.07) is 8.00. The summed E-state index contributed by atoms with van der Waals surface area (Å²) >= 11 is 0. The first-order valence-electron chi connectivity index (χ1n) is 8.61. The molecule has 0 saturated carbocycles. The normalized spacial score (nSPS) is 9.46. The maximum Gasteiger partial charge on any atom is 0.178 e. The van der Waals surface area contributed by atoms with Gasteiger partial charge in [0.15, 0.2) is 5.78 Å². The number of unbranched alkanes of at least 4 members (excludes halogenated alkanes) is 1. The van der Waals surface area contributed by atoms with Crippen molar-refractivity contribution in [1.82, 2.24) is 4.57 Å². The zero-order valence-corrected chi connectivity index (χ0v) is 15.8. The second-order valence-corrected chi connectivity index (χ2v) is 5.36. The number of hydrogen-bond donors (Lipinski definition) is 1. The van der Waals surface area contributed by atoms with Gasteiger partial charge in [0, 0.05) is 20.6 Å². The minimum absolute atomic E-state index is 0. The standard InChI is InChI=1S/C14H15FN2O.C4H10.C2H6.H2/c1-9-7-13(16)14(10(2)18)17(9)8-11-3-5-12(15)6-4-11;1-3-4-2;1-2;/h3-7H,8,16H2,1-2H3;3-4H2,1-2H3;1-2H3;1H. The van der Waals surface area contributed by atoms with Crippen LogP contribution in [0.5, 0.6) is 0 Å². The Bertz CT molecular complexity index is 619. The number of nitrogens with two attached hydrogens (primary N) is 1. The molecule has 0 amide bonds. The number of nitrogen functional groups attached to an aromatic ring is 1. The van der Waals surface area contributed by atoms with Gasteiger partial charge >= 0.3 is 0 Å². The number of halogens is 1. The highest BCUT2D eigenvalue weighted by atomic mass is 19.1. The number of ketones is 1. The van der Waals surface area contributed by atoms with Gasteiger partial charge in [-0.15, -0.1) is 0 Å². The van der Waals surface area contributed by atoms with Crippen LogP contribution < -0.4 is 5.73 Å². The summed E-state index contributed by atoms with van der Waals surface area (Å²) in [6.07, 6.45) is 2.64. The highest BCUT2D eigenvalue weighted by molar-refractivity contribution is 5.98. The van der Waals surface area contributed by atoms with Gasteiger partial charge in [0.1, 0.15) is 11.5 Å². The first kappa shape index (κ1) is 21.9. The van der Waals surface area contributed by atoms with Crippen LogP contribution in [0.2, 0.25) is 0 Å². The summed E-state index contributed by atoms with van der Waals surface area (Å²) in [4.78, 5) is 11.6. The number of carbonyl (C=O) groups excluding carboxylic acids is 1. The second kappa shape index (κ2) is 11.4. The summed E-state index contributed by atoms with van der Waals surface area (Å²) < 4.78 is 14.7. The zero-order valence-electron chi connectivity index (χ0n) is 15.8. The summed E-state index contributed by atoms with van der Waals surface area (Å²) in [7, 11) is 0. The molecule has 1 aromatic heterocycles. The third kappa shape index (κ3) is 6.57. The van der Waals surface area contributed by atoms with E-state index in [-0.39, 0.29) is 13.0 Å². The van der Waals surface area contributed by atoms with E-state index in [0.29, 0.717) is 17.9 Å². The van der Waals surface area contributed by atoms with E-state index in [1.807, 2.05) is 25.3 Å². The summed E-state index contributed by atoms with van der Waals surface area (Å²) in [5, 5.41) is 0. The van der Waals surface area contributed by atoms with E-state index in [1.54, 1.807) is 18.2 Å². The van der Waals surface area contributed by atoms with Gasteiger partial charge in [-0.3, -0.25) is 4.79 Å². The monoisotopic (exact) mass is 336 g/mol. The molecule has 0 aliphatic carbocycles. The van der Waals surface area contributed by atoms with E-state index in [0.717, 1.165) is 11.3 Å². The molecule has 3 nitrogen and oxygen atoms in total. The van der Waals surface area contributed by atoms with Crippen molar-refractivity contribution >= 4 is 11.5 Å². The van der Waals surface area contributed by atoms with E-state index in [1.165, 1.54) is 31.9 Å². The number of anilines is 1. The average Bonchev–Trinajstić information content (AvgIpc) is 2.85. The number of benzene rings is 1. The Morgan fingerprint density at radius 3 is 2.08 bits per heavy atom. The molecule has 2 N–H and O–H groups in total. The Morgan fingerprint density at radius 2 is 1.67 bits per heavy atom. The molecule has 1 aromatic carbocycles. The fourth-order valence-electron chi connectivity index (χ4n) is 2.07. The van der Waals surface area contributed by atoms with Gasteiger partial charge in [-0.1, -0.05) is 52.7 Å². The largest absolute Gasteiger partial charge is 0.397 e. The summed E-state index contributed by atoms with van der Waals surface area (Å²) in [5.41, 5.74) is 8.67.